The molecule has 0 radical (unpaired) electrons. The first-order valence-electron chi connectivity index (χ1n) is 11.7. The summed E-state index contributed by atoms with van der Waals surface area (Å²) >= 11 is 0. The Labute approximate surface area is 158 Å². The van der Waals surface area contributed by atoms with Crippen molar-refractivity contribution in [2.75, 3.05) is 0 Å². The van der Waals surface area contributed by atoms with E-state index < -0.39 is 0 Å². The smallest absolute Gasteiger partial charge is 0.0305 e. The van der Waals surface area contributed by atoms with Gasteiger partial charge in [0.2, 0.25) is 0 Å². The van der Waals surface area contributed by atoms with Crippen molar-refractivity contribution in [1.29, 1.82) is 0 Å². The van der Waals surface area contributed by atoms with Crippen LogP contribution in [-0.4, -0.2) is 4.98 Å². The summed E-state index contributed by atoms with van der Waals surface area (Å²) in [6.45, 7) is 0. The molecule has 0 saturated heterocycles. The third-order valence-electron chi connectivity index (χ3n) is 10.3. The van der Waals surface area contributed by atoms with Crippen LogP contribution in [0.15, 0.2) is 18.5 Å². The van der Waals surface area contributed by atoms with Crippen LogP contribution in [0.3, 0.4) is 0 Å². The van der Waals surface area contributed by atoms with Gasteiger partial charge in [0, 0.05) is 12.4 Å². The minimum atomic E-state index is 0.506. The SMILES string of the molecule is c1ncc(C23CCC4CC(CC4C2)C3)cc1C12CC3CC(CC(C3)C1)C2. The van der Waals surface area contributed by atoms with E-state index in [1.54, 1.807) is 43.2 Å². The van der Waals surface area contributed by atoms with Gasteiger partial charge in [0.05, 0.1) is 0 Å². The lowest BCUT2D eigenvalue weighted by Gasteiger charge is -2.57. The maximum atomic E-state index is 4.90. The number of nitrogens with zero attached hydrogens (tertiary/aromatic N) is 1. The largest absolute Gasteiger partial charge is 0.264 e. The van der Waals surface area contributed by atoms with E-state index in [4.69, 9.17) is 4.98 Å². The molecular formula is C25H33N. The predicted molar refractivity (Wildman–Crippen MR) is 104 cm³/mol. The molecule has 7 fully saturated rings. The molecule has 0 aromatic carbocycles. The fourth-order valence-corrected chi connectivity index (χ4v) is 9.78. The lowest BCUT2D eigenvalue weighted by atomic mass is 9.48. The second-order valence-electron chi connectivity index (χ2n) is 11.7. The van der Waals surface area contributed by atoms with Crippen LogP contribution >= 0.6 is 0 Å². The molecule has 1 aromatic heterocycles. The maximum Gasteiger partial charge on any atom is 0.0305 e. The Morgan fingerprint density at radius 1 is 0.654 bits per heavy atom. The Kier molecular flexibility index (Phi) is 2.88. The highest BCUT2D eigenvalue weighted by atomic mass is 14.7. The molecule has 1 nitrogen and oxygen atoms in total. The van der Waals surface area contributed by atoms with E-state index in [-0.39, 0.29) is 0 Å². The lowest BCUT2D eigenvalue weighted by molar-refractivity contribution is -0.00546. The lowest BCUT2D eigenvalue weighted by Crippen LogP contribution is -2.48. The summed E-state index contributed by atoms with van der Waals surface area (Å²) in [6.07, 6.45) is 22.7. The number of hydrogen-bond acceptors (Lipinski definition) is 1. The van der Waals surface area contributed by atoms with Gasteiger partial charge >= 0.3 is 0 Å². The van der Waals surface area contributed by atoms with Crippen LogP contribution in [0.5, 0.6) is 0 Å². The fraction of sp³-hybridized carbons (Fsp3) is 0.800. The van der Waals surface area contributed by atoms with Crippen molar-refractivity contribution < 1.29 is 0 Å². The van der Waals surface area contributed by atoms with Crippen LogP contribution in [0.25, 0.3) is 0 Å². The Morgan fingerprint density at radius 2 is 1.23 bits per heavy atom. The fourth-order valence-electron chi connectivity index (χ4n) is 9.78. The second kappa shape index (κ2) is 4.95. The van der Waals surface area contributed by atoms with E-state index in [2.05, 4.69) is 18.5 Å². The zero-order valence-corrected chi connectivity index (χ0v) is 16.1. The molecule has 7 saturated carbocycles. The van der Waals surface area contributed by atoms with Crippen molar-refractivity contribution in [3.05, 3.63) is 29.6 Å². The molecule has 1 aromatic rings. The van der Waals surface area contributed by atoms with Crippen molar-refractivity contribution in [1.82, 2.24) is 4.98 Å². The van der Waals surface area contributed by atoms with Crippen molar-refractivity contribution in [2.24, 2.45) is 35.5 Å². The molecule has 0 aliphatic heterocycles. The normalized spacial score (nSPS) is 53.4. The summed E-state index contributed by atoms with van der Waals surface area (Å²) in [6, 6.07) is 2.70. The van der Waals surface area contributed by atoms with Gasteiger partial charge in [-0.25, -0.2) is 0 Å². The highest BCUT2D eigenvalue weighted by Crippen LogP contribution is 2.63. The maximum absolute atomic E-state index is 4.90. The number of fused-ring (bicyclic) bond motifs is 2. The first-order chi connectivity index (χ1) is 12.7. The van der Waals surface area contributed by atoms with E-state index in [0.717, 1.165) is 35.5 Å². The molecule has 7 aliphatic carbocycles. The first-order valence-corrected chi connectivity index (χ1v) is 11.7. The summed E-state index contributed by atoms with van der Waals surface area (Å²) < 4.78 is 0. The minimum Gasteiger partial charge on any atom is -0.264 e. The van der Waals surface area contributed by atoms with Crippen molar-refractivity contribution in [3.8, 4) is 0 Å². The van der Waals surface area contributed by atoms with Gasteiger partial charge in [0.1, 0.15) is 0 Å². The molecule has 0 amide bonds. The zero-order valence-electron chi connectivity index (χ0n) is 16.1. The minimum absolute atomic E-state index is 0.506. The zero-order chi connectivity index (χ0) is 16.9. The molecule has 138 valence electrons. The molecule has 26 heavy (non-hydrogen) atoms. The molecule has 4 atom stereocenters. The molecule has 0 N–H and O–H groups in total. The number of pyridine rings is 1. The van der Waals surface area contributed by atoms with Gasteiger partial charge in [0.15, 0.2) is 0 Å². The van der Waals surface area contributed by atoms with Crippen molar-refractivity contribution >= 4 is 0 Å². The van der Waals surface area contributed by atoms with Crippen LogP contribution in [0.2, 0.25) is 0 Å². The van der Waals surface area contributed by atoms with Gasteiger partial charge in [-0.2, -0.15) is 0 Å². The van der Waals surface area contributed by atoms with Gasteiger partial charge in [-0.1, -0.05) is 6.07 Å². The first kappa shape index (κ1) is 15.1. The Balaban J connectivity index is 1.28. The van der Waals surface area contributed by atoms with E-state index in [1.807, 2.05) is 0 Å². The van der Waals surface area contributed by atoms with Crippen LogP contribution in [0.4, 0.5) is 0 Å². The summed E-state index contributed by atoms with van der Waals surface area (Å²) in [5.41, 5.74) is 4.33. The third kappa shape index (κ3) is 1.96. The second-order valence-corrected chi connectivity index (χ2v) is 11.7. The summed E-state index contributed by atoms with van der Waals surface area (Å²) in [4.78, 5) is 4.90. The highest BCUT2D eigenvalue weighted by Gasteiger charge is 2.54. The van der Waals surface area contributed by atoms with E-state index in [1.165, 1.54) is 44.9 Å². The van der Waals surface area contributed by atoms with Crippen molar-refractivity contribution in [3.63, 3.8) is 0 Å². The topological polar surface area (TPSA) is 12.9 Å². The molecule has 8 rings (SSSR count). The molecule has 0 spiro atoms. The van der Waals surface area contributed by atoms with Crippen LogP contribution in [0, 0.1) is 35.5 Å². The molecule has 1 heterocycles. The molecular weight excluding hydrogens is 314 g/mol. The average molecular weight is 348 g/mol. The van der Waals surface area contributed by atoms with Gasteiger partial charge < -0.3 is 0 Å². The van der Waals surface area contributed by atoms with E-state index in [0.29, 0.717) is 10.8 Å². The monoisotopic (exact) mass is 347 g/mol. The van der Waals surface area contributed by atoms with Gasteiger partial charge in [-0.05, 0) is 135 Å². The molecule has 7 aliphatic rings. The Hall–Kier alpha value is -0.850. The van der Waals surface area contributed by atoms with E-state index >= 15 is 0 Å². The third-order valence-corrected chi connectivity index (χ3v) is 10.3. The number of hydrogen-bond donors (Lipinski definition) is 0. The highest BCUT2D eigenvalue weighted by molar-refractivity contribution is 5.35. The molecule has 1 heteroatoms. The summed E-state index contributed by atoms with van der Waals surface area (Å²) in [7, 11) is 0. The van der Waals surface area contributed by atoms with Crippen molar-refractivity contribution in [2.45, 2.75) is 87.9 Å². The van der Waals surface area contributed by atoms with Gasteiger partial charge in [0.25, 0.3) is 0 Å². The van der Waals surface area contributed by atoms with Crippen LogP contribution in [-0.2, 0) is 10.8 Å². The Morgan fingerprint density at radius 3 is 1.96 bits per heavy atom. The molecule has 4 unspecified atom stereocenters. The number of aromatic nitrogens is 1. The number of rotatable bonds is 2. The van der Waals surface area contributed by atoms with E-state index in [9.17, 15) is 0 Å². The predicted octanol–water partition coefficient (Wildman–Crippen LogP) is 6.02. The van der Waals surface area contributed by atoms with Crippen LogP contribution in [0.1, 0.15) is 88.2 Å². The Bertz CT molecular complexity index is 694. The average Bonchev–Trinajstić information content (AvgIpc) is 2.84. The van der Waals surface area contributed by atoms with Gasteiger partial charge in [-0.3, -0.25) is 4.98 Å². The quantitative estimate of drug-likeness (QED) is 0.637. The summed E-state index contributed by atoms with van der Waals surface area (Å²) in [5.74, 6) is 6.25. The standard InChI is InChI=1S/C25H33N/c1-2-24(9-19-6-20(1)21(7-19)13-24)22-8-23(15-26-14-22)25-10-16-3-17(11-25)5-18(4-16)12-25/h8,14-21H,1-7,9-13H2. The molecule has 7 bridgehead atoms. The van der Waals surface area contributed by atoms with Gasteiger partial charge in [-0.15, -0.1) is 0 Å². The summed E-state index contributed by atoms with van der Waals surface area (Å²) in [5, 5.41) is 0. The van der Waals surface area contributed by atoms with Crippen LogP contribution < -0.4 is 0 Å².